The average Bonchev–Trinajstić information content (AvgIpc) is 2.64. The molecule has 26 heavy (non-hydrogen) atoms. The van der Waals surface area contributed by atoms with Gasteiger partial charge in [0.15, 0.2) is 0 Å². The number of para-hydroxylation sites is 2. The van der Waals surface area contributed by atoms with Crippen molar-refractivity contribution in [3.63, 3.8) is 0 Å². The molecule has 1 unspecified atom stereocenters. The van der Waals surface area contributed by atoms with Crippen molar-refractivity contribution in [2.24, 2.45) is 9.98 Å². The molecule has 0 spiro atoms. The molecule has 3 N–H and O–H groups in total. The van der Waals surface area contributed by atoms with Gasteiger partial charge in [0.25, 0.3) is 0 Å². The van der Waals surface area contributed by atoms with E-state index in [-0.39, 0.29) is 34.3 Å². The van der Waals surface area contributed by atoms with Crippen LogP contribution < -0.4 is 0 Å². The summed E-state index contributed by atoms with van der Waals surface area (Å²) in [5.74, 6) is 0.403. The Morgan fingerprint density at radius 3 is 1.92 bits per heavy atom. The summed E-state index contributed by atoms with van der Waals surface area (Å²) in [6.45, 7) is 4.21. The molecule has 2 aromatic rings. The van der Waals surface area contributed by atoms with Gasteiger partial charge >= 0.3 is 0 Å². The van der Waals surface area contributed by atoms with Crippen molar-refractivity contribution in [3.05, 3.63) is 72.3 Å². The summed E-state index contributed by atoms with van der Waals surface area (Å²) in [6.07, 6.45) is 5.77. The van der Waals surface area contributed by atoms with E-state index in [0.29, 0.717) is 24.1 Å². The van der Waals surface area contributed by atoms with E-state index in [9.17, 15) is 10.2 Å². The predicted molar refractivity (Wildman–Crippen MR) is 103 cm³/mol. The van der Waals surface area contributed by atoms with Gasteiger partial charge in [-0.25, -0.2) is 0 Å². The maximum Gasteiger partial charge on any atom is 0.124 e. The third-order valence-electron chi connectivity index (χ3n) is 3.28. The molecule has 0 heterocycles. The van der Waals surface area contributed by atoms with E-state index in [1.807, 2.05) is 12.1 Å². The van der Waals surface area contributed by atoms with Gasteiger partial charge in [0.1, 0.15) is 11.5 Å². The third kappa shape index (κ3) is 8.11. The minimum Gasteiger partial charge on any atom is -0.507 e. The Labute approximate surface area is 164 Å². The Morgan fingerprint density at radius 1 is 0.923 bits per heavy atom. The van der Waals surface area contributed by atoms with Crippen molar-refractivity contribution >= 4 is 12.4 Å². The first-order chi connectivity index (χ1) is 12.2. The molecule has 0 aliphatic heterocycles. The number of hydrogen-bond acceptors (Lipinski definition) is 5. The van der Waals surface area contributed by atoms with Gasteiger partial charge in [-0.1, -0.05) is 30.3 Å². The van der Waals surface area contributed by atoms with Crippen molar-refractivity contribution in [1.82, 2.24) is 0 Å². The molecule has 2 aromatic carbocycles. The van der Waals surface area contributed by atoms with Crippen molar-refractivity contribution in [2.75, 3.05) is 13.7 Å². The van der Waals surface area contributed by atoms with Crippen LogP contribution in [0, 0.1) is 0 Å². The number of aliphatic hydroxyl groups excluding tert-OH is 1. The SMILES string of the molecule is C=CCC(CN=Cc1ccccc1O)N=Cc1ccccc1O.CO.[Co]. The summed E-state index contributed by atoms with van der Waals surface area (Å²) in [5.41, 5.74) is 1.35. The topological polar surface area (TPSA) is 85.4 Å². The summed E-state index contributed by atoms with van der Waals surface area (Å²) in [7, 11) is 1.00. The van der Waals surface area contributed by atoms with Crippen LogP contribution in [0.4, 0.5) is 0 Å². The number of aromatic hydroxyl groups is 2. The summed E-state index contributed by atoms with van der Waals surface area (Å²) >= 11 is 0. The van der Waals surface area contributed by atoms with Crippen LogP contribution in [0.15, 0.2) is 71.2 Å². The Hall–Kier alpha value is -2.41. The van der Waals surface area contributed by atoms with Crippen LogP contribution in [0.25, 0.3) is 0 Å². The van der Waals surface area contributed by atoms with Crippen molar-refractivity contribution < 1.29 is 32.1 Å². The van der Waals surface area contributed by atoms with E-state index < -0.39 is 0 Å². The van der Waals surface area contributed by atoms with Crippen LogP contribution >= 0.6 is 0 Å². The fourth-order valence-electron chi connectivity index (χ4n) is 2.03. The first-order valence-corrected chi connectivity index (χ1v) is 7.85. The maximum atomic E-state index is 9.74. The zero-order valence-electron chi connectivity index (χ0n) is 14.6. The minimum atomic E-state index is -0.0609. The quantitative estimate of drug-likeness (QED) is 0.494. The first kappa shape index (κ1) is 23.6. The number of aliphatic imine (C=N–C) groups is 2. The first-order valence-electron chi connectivity index (χ1n) is 7.85. The normalized spacial score (nSPS) is 11.5. The molecular formula is C20H24CoN2O3. The van der Waals surface area contributed by atoms with Gasteiger partial charge in [0, 0.05) is 47.4 Å². The second-order valence-corrected chi connectivity index (χ2v) is 5.07. The van der Waals surface area contributed by atoms with E-state index in [1.165, 1.54) is 0 Å². The number of hydrogen-bond donors (Lipinski definition) is 3. The van der Waals surface area contributed by atoms with E-state index in [2.05, 4.69) is 16.6 Å². The van der Waals surface area contributed by atoms with Crippen LogP contribution in [0.3, 0.4) is 0 Å². The molecule has 1 radical (unpaired) electrons. The Bertz CT molecular complexity index is 718. The summed E-state index contributed by atoms with van der Waals surface area (Å²) in [6, 6.07) is 14.0. The van der Waals surface area contributed by atoms with Crippen molar-refractivity contribution in [2.45, 2.75) is 12.5 Å². The van der Waals surface area contributed by atoms with E-state index in [1.54, 1.807) is 54.9 Å². The van der Waals surface area contributed by atoms with Gasteiger partial charge in [-0.05, 0) is 30.7 Å². The number of rotatable bonds is 7. The van der Waals surface area contributed by atoms with Crippen LogP contribution in [-0.4, -0.2) is 47.4 Å². The molecule has 0 fully saturated rings. The number of aliphatic hydroxyl groups is 1. The molecule has 5 nitrogen and oxygen atoms in total. The van der Waals surface area contributed by atoms with E-state index in [0.717, 1.165) is 7.11 Å². The number of nitrogens with zero attached hydrogens (tertiary/aromatic N) is 2. The second kappa shape index (κ2) is 13.8. The van der Waals surface area contributed by atoms with Gasteiger partial charge in [0.05, 0.1) is 12.6 Å². The molecule has 0 bridgehead atoms. The second-order valence-electron chi connectivity index (χ2n) is 5.07. The number of phenols is 2. The molecule has 0 aromatic heterocycles. The standard InChI is InChI=1S/C19H20N2O2.CH4O.Co/c1-2-7-17(21-13-16-9-4-6-11-19(16)23)14-20-12-15-8-3-5-10-18(15)22;1-2;/h2-6,8-13,17,22-23H,1,7,14H2;2H,1H3;. The Kier molecular flexibility index (Phi) is 12.5. The van der Waals surface area contributed by atoms with Crippen molar-refractivity contribution in [3.8, 4) is 11.5 Å². The molecular weight excluding hydrogens is 375 g/mol. The maximum absolute atomic E-state index is 9.74. The molecule has 1 atom stereocenters. The van der Waals surface area contributed by atoms with E-state index in [4.69, 9.17) is 5.11 Å². The zero-order valence-corrected chi connectivity index (χ0v) is 15.7. The third-order valence-corrected chi connectivity index (χ3v) is 3.28. The summed E-state index contributed by atoms with van der Waals surface area (Å²) in [4.78, 5) is 8.81. The number of benzene rings is 2. The summed E-state index contributed by atoms with van der Waals surface area (Å²) in [5, 5.41) is 26.4. The predicted octanol–water partition coefficient (Wildman–Crippen LogP) is 3.19. The minimum absolute atomic E-state index is 0. The molecule has 0 saturated carbocycles. The van der Waals surface area contributed by atoms with Gasteiger partial charge in [-0.15, -0.1) is 6.58 Å². The van der Waals surface area contributed by atoms with E-state index >= 15 is 0 Å². The molecule has 0 aliphatic carbocycles. The molecule has 6 heteroatoms. The molecule has 0 saturated heterocycles. The molecule has 2 rings (SSSR count). The monoisotopic (exact) mass is 399 g/mol. The zero-order chi connectivity index (χ0) is 18.5. The van der Waals surface area contributed by atoms with Crippen molar-refractivity contribution in [1.29, 1.82) is 0 Å². The molecule has 0 aliphatic rings. The van der Waals surface area contributed by atoms with Crippen LogP contribution in [-0.2, 0) is 16.8 Å². The van der Waals surface area contributed by atoms with Crippen LogP contribution in [0.1, 0.15) is 17.5 Å². The largest absolute Gasteiger partial charge is 0.507 e. The van der Waals surface area contributed by atoms with Gasteiger partial charge in [0.2, 0.25) is 0 Å². The molecule has 141 valence electrons. The fourth-order valence-corrected chi connectivity index (χ4v) is 2.03. The number of phenolic OH excluding ortho intramolecular Hbond substituents is 2. The Morgan fingerprint density at radius 2 is 1.42 bits per heavy atom. The van der Waals surface area contributed by atoms with Crippen LogP contribution in [0.5, 0.6) is 11.5 Å². The molecule has 0 amide bonds. The van der Waals surface area contributed by atoms with Gasteiger partial charge < -0.3 is 15.3 Å². The fraction of sp³-hybridized carbons (Fsp3) is 0.200. The van der Waals surface area contributed by atoms with Crippen LogP contribution in [0.2, 0.25) is 0 Å². The van der Waals surface area contributed by atoms with Gasteiger partial charge in [-0.2, -0.15) is 0 Å². The Balaban J connectivity index is 0.00000201. The summed E-state index contributed by atoms with van der Waals surface area (Å²) < 4.78 is 0. The smallest absolute Gasteiger partial charge is 0.124 e. The average molecular weight is 399 g/mol. The van der Waals surface area contributed by atoms with Gasteiger partial charge in [-0.3, -0.25) is 9.98 Å².